The van der Waals surface area contributed by atoms with Gasteiger partial charge in [0.1, 0.15) is 18.2 Å². The Morgan fingerprint density at radius 2 is 1.86 bits per heavy atom. The summed E-state index contributed by atoms with van der Waals surface area (Å²) in [4.78, 5) is 37.6. The number of aryl methyl sites for hydroxylation is 1. The predicted octanol–water partition coefficient (Wildman–Crippen LogP) is 4.20. The van der Waals surface area contributed by atoms with Crippen LogP contribution in [0.1, 0.15) is 18.1 Å². The Kier molecular flexibility index (Phi) is 5.89. The summed E-state index contributed by atoms with van der Waals surface area (Å²) in [6, 6.07) is 10.2. The van der Waals surface area contributed by atoms with Crippen molar-refractivity contribution in [2.24, 2.45) is 0 Å². The first-order valence-corrected chi connectivity index (χ1v) is 9.28. The van der Waals surface area contributed by atoms with Gasteiger partial charge in [-0.1, -0.05) is 31.2 Å². The number of hydrogen-bond acceptors (Lipinski definition) is 4. The summed E-state index contributed by atoms with van der Waals surface area (Å²) in [6.07, 6.45) is 2.47. The SMILES string of the molecule is CCc1ccc(/C=C2\SC(=O)N(CC(=O)Nc3ccc(F)cc3F)C2=O)cc1. The van der Waals surface area contributed by atoms with Gasteiger partial charge in [-0.05, 0) is 47.5 Å². The lowest BCUT2D eigenvalue weighted by molar-refractivity contribution is -0.127. The number of rotatable bonds is 5. The third-order valence-corrected chi connectivity index (χ3v) is 4.97. The van der Waals surface area contributed by atoms with Gasteiger partial charge in [-0.2, -0.15) is 0 Å². The van der Waals surface area contributed by atoms with Gasteiger partial charge in [-0.15, -0.1) is 0 Å². The highest BCUT2D eigenvalue weighted by atomic mass is 32.2. The minimum atomic E-state index is -0.946. The number of benzene rings is 2. The van der Waals surface area contributed by atoms with Crippen molar-refractivity contribution in [2.45, 2.75) is 13.3 Å². The van der Waals surface area contributed by atoms with Crippen molar-refractivity contribution < 1.29 is 23.2 Å². The summed E-state index contributed by atoms with van der Waals surface area (Å²) in [7, 11) is 0. The summed E-state index contributed by atoms with van der Waals surface area (Å²) >= 11 is 0.735. The predicted molar refractivity (Wildman–Crippen MR) is 103 cm³/mol. The van der Waals surface area contributed by atoms with Crippen LogP contribution < -0.4 is 5.32 Å². The van der Waals surface area contributed by atoms with Crippen molar-refractivity contribution in [3.63, 3.8) is 0 Å². The first-order valence-electron chi connectivity index (χ1n) is 8.46. The largest absolute Gasteiger partial charge is 0.322 e. The third-order valence-electron chi connectivity index (χ3n) is 4.07. The maximum absolute atomic E-state index is 13.6. The van der Waals surface area contributed by atoms with Gasteiger partial charge in [0, 0.05) is 6.07 Å². The Labute approximate surface area is 164 Å². The van der Waals surface area contributed by atoms with Crippen molar-refractivity contribution >= 4 is 40.6 Å². The van der Waals surface area contributed by atoms with E-state index >= 15 is 0 Å². The average Bonchev–Trinajstić information content (AvgIpc) is 2.92. The third kappa shape index (κ3) is 4.45. The second-order valence-electron chi connectivity index (χ2n) is 6.04. The number of carbonyl (C=O) groups excluding carboxylic acids is 3. The fraction of sp³-hybridized carbons (Fsp3) is 0.150. The number of anilines is 1. The van der Waals surface area contributed by atoms with Gasteiger partial charge >= 0.3 is 0 Å². The van der Waals surface area contributed by atoms with E-state index in [-0.39, 0.29) is 10.6 Å². The Hall–Kier alpha value is -3.00. The van der Waals surface area contributed by atoms with Crippen LogP contribution in [0, 0.1) is 11.6 Å². The molecule has 1 saturated heterocycles. The van der Waals surface area contributed by atoms with E-state index in [0.717, 1.165) is 46.3 Å². The van der Waals surface area contributed by atoms with E-state index in [9.17, 15) is 23.2 Å². The highest BCUT2D eigenvalue weighted by Gasteiger charge is 2.36. The van der Waals surface area contributed by atoms with Crippen LogP contribution in [0.15, 0.2) is 47.4 Å². The lowest BCUT2D eigenvalue weighted by atomic mass is 10.1. The topological polar surface area (TPSA) is 66.5 Å². The van der Waals surface area contributed by atoms with Crippen molar-refractivity contribution in [1.29, 1.82) is 0 Å². The molecule has 2 aromatic carbocycles. The quantitative estimate of drug-likeness (QED) is 0.761. The molecule has 0 aromatic heterocycles. The van der Waals surface area contributed by atoms with Crippen LogP contribution in [0.2, 0.25) is 0 Å². The zero-order valence-electron chi connectivity index (χ0n) is 14.9. The number of nitrogens with zero attached hydrogens (tertiary/aromatic N) is 1. The molecular weight excluding hydrogens is 386 g/mol. The molecule has 8 heteroatoms. The van der Waals surface area contributed by atoms with Crippen molar-refractivity contribution in [1.82, 2.24) is 4.90 Å². The van der Waals surface area contributed by atoms with E-state index in [2.05, 4.69) is 5.32 Å². The summed E-state index contributed by atoms with van der Waals surface area (Å²) in [5, 5.41) is 1.64. The maximum Gasteiger partial charge on any atom is 0.294 e. The summed E-state index contributed by atoms with van der Waals surface area (Å²) in [5.74, 6) is -3.08. The standard InChI is InChI=1S/C20H16F2N2O3S/c1-2-12-3-5-13(6-4-12)9-17-19(26)24(20(27)28-17)11-18(25)23-16-8-7-14(21)10-15(16)22/h3-10H,2,11H2,1H3,(H,23,25)/b17-9-. The van der Waals surface area contributed by atoms with E-state index in [1.165, 1.54) is 0 Å². The Morgan fingerprint density at radius 3 is 2.50 bits per heavy atom. The highest BCUT2D eigenvalue weighted by Crippen LogP contribution is 2.32. The fourth-order valence-electron chi connectivity index (χ4n) is 2.56. The molecule has 0 aliphatic carbocycles. The molecule has 1 aliphatic heterocycles. The summed E-state index contributed by atoms with van der Waals surface area (Å²) < 4.78 is 26.5. The van der Waals surface area contributed by atoms with Crippen LogP contribution in [-0.2, 0) is 16.0 Å². The van der Waals surface area contributed by atoms with Gasteiger partial charge in [-0.3, -0.25) is 19.3 Å². The number of carbonyl (C=O) groups is 3. The number of imide groups is 1. The zero-order valence-corrected chi connectivity index (χ0v) is 15.7. The molecule has 0 saturated carbocycles. The number of halogens is 2. The molecule has 0 atom stereocenters. The lowest BCUT2D eigenvalue weighted by Gasteiger charge is -2.12. The van der Waals surface area contributed by atoms with Crippen LogP contribution in [0.4, 0.5) is 19.3 Å². The fourth-order valence-corrected chi connectivity index (χ4v) is 3.40. The van der Waals surface area contributed by atoms with E-state index in [0.29, 0.717) is 6.07 Å². The molecule has 1 aliphatic rings. The molecule has 3 rings (SSSR count). The van der Waals surface area contributed by atoms with Gasteiger partial charge in [0.2, 0.25) is 5.91 Å². The Balaban J connectivity index is 1.69. The van der Waals surface area contributed by atoms with Gasteiger partial charge in [0.05, 0.1) is 10.6 Å². The Morgan fingerprint density at radius 1 is 1.14 bits per heavy atom. The molecule has 5 nitrogen and oxygen atoms in total. The molecule has 144 valence electrons. The molecular formula is C20H16F2N2O3S. The van der Waals surface area contributed by atoms with Gasteiger partial charge in [0.15, 0.2) is 0 Å². The van der Waals surface area contributed by atoms with E-state index in [1.54, 1.807) is 6.08 Å². The number of nitrogens with one attached hydrogen (secondary N) is 1. The van der Waals surface area contributed by atoms with Crippen LogP contribution >= 0.6 is 11.8 Å². The van der Waals surface area contributed by atoms with Crippen molar-refractivity contribution in [3.05, 3.63) is 70.1 Å². The minimum Gasteiger partial charge on any atom is -0.322 e. The van der Waals surface area contributed by atoms with Crippen LogP contribution in [-0.4, -0.2) is 28.5 Å². The van der Waals surface area contributed by atoms with E-state index in [1.807, 2.05) is 31.2 Å². The maximum atomic E-state index is 13.6. The van der Waals surface area contributed by atoms with Crippen LogP contribution in [0.5, 0.6) is 0 Å². The summed E-state index contributed by atoms with van der Waals surface area (Å²) in [6.45, 7) is 1.47. The van der Waals surface area contributed by atoms with Gasteiger partial charge in [0.25, 0.3) is 11.1 Å². The first-order chi connectivity index (χ1) is 13.4. The lowest BCUT2D eigenvalue weighted by Crippen LogP contribution is -2.36. The number of hydrogen-bond donors (Lipinski definition) is 1. The van der Waals surface area contributed by atoms with Gasteiger partial charge in [-0.25, -0.2) is 8.78 Å². The second-order valence-corrected chi connectivity index (χ2v) is 7.03. The monoisotopic (exact) mass is 402 g/mol. The molecule has 1 fully saturated rings. The van der Waals surface area contributed by atoms with Crippen molar-refractivity contribution in [3.8, 4) is 0 Å². The molecule has 28 heavy (non-hydrogen) atoms. The first kappa shape index (κ1) is 19.8. The molecule has 0 radical (unpaired) electrons. The smallest absolute Gasteiger partial charge is 0.294 e. The second kappa shape index (κ2) is 8.35. The van der Waals surface area contributed by atoms with Crippen molar-refractivity contribution in [2.75, 3.05) is 11.9 Å². The van der Waals surface area contributed by atoms with Crippen LogP contribution in [0.25, 0.3) is 6.08 Å². The average molecular weight is 402 g/mol. The molecule has 3 amide bonds. The number of thioether (sulfide) groups is 1. The van der Waals surface area contributed by atoms with E-state index < -0.39 is 35.2 Å². The molecule has 0 unspecified atom stereocenters. The zero-order chi connectivity index (χ0) is 20.3. The Bertz CT molecular complexity index is 974. The molecule has 1 N–H and O–H groups in total. The molecule has 0 spiro atoms. The minimum absolute atomic E-state index is 0.204. The highest BCUT2D eigenvalue weighted by molar-refractivity contribution is 8.18. The molecule has 1 heterocycles. The summed E-state index contributed by atoms with van der Waals surface area (Å²) in [5.41, 5.74) is 1.68. The molecule has 2 aromatic rings. The van der Waals surface area contributed by atoms with E-state index in [4.69, 9.17) is 0 Å². The van der Waals surface area contributed by atoms with Crippen LogP contribution in [0.3, 0.4) is 0 Å². The normalized spacial score (nSPS) is 15.4. The number of amides is 3. The van der Waals surface area contributed by atoms with Gasteiger partial charge < -0.3 is 5.32 Å². The molecule has 0 bridgehead atoms.